The van der Waals surface area contributed by atoms with Crippen molar-refractivity contribution < 1.29 is 29.4 Å². The minimum absolute atomic E-state index is 0.0700. The van der Waals surface area contributed by atoms with E-state index in [2.05, 4.69) is 20.9 Å². The molecule has 5 unspecified atom stereocenters. The molecule has 0 rings (SSSR count). The summed E-state index contributed by atoms with van der Waals surface area (Å²) in [5, 5.41) is 26.7. The maximum atomic E-state index is 13.0. The normalized spacial score (nSPS) is 15.3. The van der Waals surface area contributed by atoms with Crippen LogP contribution in [0.15, 0.2) is 4.99 Å². The van der Waals surface area contributed by atoms with E-state index in [1.54, 1.807) is 13.8 Å². The van der Waals surface area contributed by atoms with Crippen molar-refractivity contribution in [3.8, 4) is 0 Å². The summed E-state index contributed by atoms with van der Waals surface area (Å²) in [7, 11) is 0. The van der Waals surface area contributed by atoms with Gasteiger partial charge in [-0.05, 0) is 51.5 Å². The molecule has 0 saturated carbocycles. The van der Waals surface area contributed by atoms with Gasteiger partial charge in [0, 0.05) is 6.54 Å². The molecule has 0 aliphatic carbocycles. The van der Waals surface area contributed by atoms with Gasteiger partial charge >= 0.3 is 5.97 Å². The first-order valence-electron chi connectivity index (χ1n) is 11.6. The van der Waals surface area contributed by atoms with Crippen LogP contribution in [0.4, 0.5) is 0 Å². The van der Waals surface area contributed by atoms with Gasteiger partial charge in [0.15, 0.2) is 5.96 Å². The molecule has 0 aliphatic rings. The molecule has 0 aromatic heterocycles. The maximum absolute atomic E-state index is 13.0. The van der Waals surface area contributed by atoms with Gasteiger partial charge < -0.3 is 49.1 Å². The number of carbonyl (C=O) groups excluding carboxylic acids is 3. The largest absolute Gasteiger partial charge is 0.480 e. The fourth-order valence-electron chi connectivity index (χ4n) is 3.11. The van der Waals surface area contributed by atoms with Crippen molar-refractivity contribution in [3.05, 3.63) is 0 Å². The Morgan fingerprint density at radius 1 is 0.857 bits per heavy atom. The van der Waals surface area contributed by atoms with E-state index in [1.807, 2.05) is 0 Å². The number of hydrogen-bond donors (Lipinski definition) is 9. The summed E-state index contributed by atoms with van der Waals surface area (Å²) in [6.45, 7) is 5.18. The highest BCUT2D eigenvalue weighted by Crippen LogP contribution is 2.07. The zero-order valence-electron chi connectivity index (χ0n) is 20.7. The van der Waals surface area contributed by atoms with E-state index >= 15 is 0 Å². The first-order valence-corrected chi connectivity index (χ1v) is 11.6. The van der Waals surface area contributed by atoms with Gasteiger partial charge in [0.2, 0.25) is 17.7 Å². The Morgan fingerprint density at radius 2 is 1.46 bits per heavy atom. The number of aliphatic carboxylic acids is 1. The number of rotatable bonds is 17. The second-order valence-corrected chi connectivity index (χ2v) is 8.70. The molecule has 0 aromatic carbocycles. The van der Waals surface area contributed by atoms with Crippen LogP contribution in [-0.4, -0.2) is 83.2 Å². The number of guanidine groups is 1. The second kappa shape index (κ2) is 16.6. The Bertz CT molecular complexity index is 727. The number of nitrogens with one attached hydrogen (secondary N) is 3. The predicted octanol–water partition coefficient (Wildman–Crippen LogP) is -2.93. The summed E-state index contributed by atoms with van der Waals surface area (Å²) in [6, 6.07) is -4.62. The lowest BCUT2D eigenvalue weighted by Gasteiger charge is -2.27. The van der Waals surface area contributed by atoms with E-state index < -0.39 is 59.9 Å². The summed E-state index contributed by atoms with van der Waals surface area (Å²) in [6.07, 6.45) is 0.700. The van der Waals surface area contributed by atoms with Crippen LogP contribution in [0.25, 0.3) is 0 Å². The van der Waals surface area contributed by atoms with E-state index in [-0.39, 0.29) is 18.8 Å². The van der Waals surface area contributed by atoms with Crippen LogP contribution in [0.1, 0.15) is 52.9 Å². The summed E-state index contributed by atoms with van der Waals surface area (Å²) in [4.78, 5) is 53.4. The van der Waals surface area contributed by atoms with E-state index in [0.29, 0.717) is 32.4 Å². The lowest BCUT2D eigenvalue weighted by molar-refractivity contribution is -0.144. The van der Waals surface area contributed by atoms with Gasteiger partial charge in [-0.3, -0.25) is 19.4 Å². The van der Waals surface area contributed by atoms with Crippen molar-refractivity contribution in [2.75, 3.05) is 13.1 Å². The van der Waals surface area contributed by atoms with Gasteiger partial charge in [0.1, 0.15) is 18.1 Å². The van der Waals surface area contributed by atoms with Crippen molar-refractivity contribution in [2.24, 2.45) is 33.8 Å². The summed E-state index contributed by atoms with van der Waals surface area (Å²) < 4.78 is 0. The zero-order chi connectivity index (χ0) is 27.1. The fourth-order valence-corrected chi connectivity index (χ4v) is 3.11. The topological polar surface area (TPSA) is 261 Å². The Hall–Kier alpha value is -2.97. The lowest BCUT2D eigenvalue weighted by atomic mass is 10.0. The van der Waals surface area contributed by atoms with E-state index in [1.165, 1.54) is 6.92 Å². The second-order valence-electron chi connectivity index (χ2n) is 8.70. The molecule has 0 saturated heterocycles. The number of unbranched alkanes of at least 4 members (excludes halogenated alkanes) is 1. The monoisotopic (exact) mass is 502 g/mol. The molecular weight excluding hydrogens is 460 g/mol. The van der Waals surface area contributed by atoms with E-state index in [9.17, 15) is 29.4 Å². The van der Waals surface area contributed by atoms with Crippen LogP contribution in [0.2, 0.25) is 0 Å². The predicted molar refractivity (Wildman–Crippen MR) is 131 cm³/mol. The number of hydrogen-bond acceptors (Lipinski definition) is 8. The van der Waals surface area contributed by atoms with Gasteiger partial charge in [-0.2, -0.15) is 0 Å². The van der Waals surface area contributed by atoms with E-state index in [0.717, 1.165) is 0 Å². The molecule has 5 atom stereocenters. The number of nitrogens with zero attached hydrogens (tertiary/aromatic N) is 1. The van der Waals surface area contributed by atoms with Gasteiger partial charge in [-0.1, -0.05) is 13.8 Å². The molecule has 0 fully saturated rings. The zero-order valence-corrected chi connectivity index (χ0v) is 20.7. The average Bonchev–Trinajstić information content (AvgIpc) is 2.76. The van der Waals surface area contributed by atoms with Crippen LogP contribution < -0.4 is 38.9 Å². The third kappa shape index (κ3) is 12.9. The number of aliphatic imine (C=N–C) groups is 1. The number of carboxylic acid groups (broad SMARTS) is 1. The molecule has 0 aliphatic heterocycles. The third-order valence-corrected chi connectivity index (χ3v) is 5.18. The molecule has 0 heterocycles. The quantitative estimate of drug-likeness (QED) is 0.0555. The van der Waals surface area contributed by atoms with Crippen LogP contribution in [0.5, 0.6) is 0 Å². The fraction of sp³-hybridized carbons (Fsp3) is 0.762. The molecule has 202 valence electrons. The molecule has 3 amide bonds. The molecule has 0 spiro atoms. The Morgan fingerprint density at radius 3 is 1.94 bits per heavy atom. The Kier molecular flexibility index (Phi) is 15.2. The summed E-state index contributed by atoms with van der Waals surface area (Å²) in [5.74, 6) is -3.91. The van der Waals surface area contributed by atoms with Crippen LogP contribution in [-0.2, 0) is 19.2 Å². The number of amides is 3. The molecule has 0 bridgehead atoms. The van der Waals surface area contributed by atoms with Crippen molar-refractivity contribution in [1.29, 1.82) is 0 Å². The van der Waals surface area contributed by atoms with Crippen LogP contribution >= 0.6 is 0 Å². The number of nitrogens with two attached hydrogens (primary N) is 4. The van der Waals surface area contributed by atoms with Gasteiger partial charge in [-0.25, -0.2) is 4.79 Å². The lowest BCUT2D eigenvalue weighted by Crippen LogP contribution is -2.60. The maximum Gasteiger partial charge on any atom is 0.326 e. The van der Waals surface area contributed by atoms with Crippen LogP contribution in [0.3, 0.4) is 0 Å². The number of aliphatic hydroxyl groups excluding tert-OH is 1. The van der Waals surface area contributed by atoms with Crippen molar-refractivity contribution in [3.63, 3.8) is 0 Å². The van der Waals surface area contributed by atoms with E-state index in [4.69, 9.17) is 22.9 Å². The minimum atomic E-state index is -1.44. The molecule has 35 heavy (non-hydrogen) atoms. The Balaban J connectivity index is 5.33. The standard InChI is InChI=1S/C21H42N8O6/c1-11(2)15(20(34)35)28-19(33)16(12(3)30)29-18(32)14(8-4-5-9-22)27-17(31)13(23)7-6-10-26-21(24)25/h11-16,30H,4-10,22-23H2,1-3H3,(H,27,31)(H,28,33)(H,29,32)(H,34,35)(H4,24,25,26). The average molecular weight is 503 g/mol. The Labute approximate surface area is 205 Å². The SMILES string of the molecule is CC(C)C(NC(=O)C(NC(=O)C(CCCCN)NC(=O)C(N)CCCN=C(N)N)C(C)O)C(=O)O. The third-order valence-electron chi connectivity index (χ3n) is 5.18. The molecule has 0 radical (unpaired) electrons. The highest BCUT2D eigenvalue weighted by Gasteiger charge is 2.33. The molecule has 14 nitrogen and oxygen atoms in total. The van der Waals surface area contributed by atoms with Crippen molar-refractivity contribution >= 4 is 29.7 Å². The van der Waals surface area contributed by atoms with Gasteiger partial charge in [0.25, 0.3) is 0 Å². The summed E-state index contributed by atoms with van der Waals surface area (Å²) >= 11 is 0. The van der Waals surface area contributed by atoms with Crippen molar-refractivity contribution in [2.45, 2.75) is 83.1 Å². The van der Waals surface area contributed by atoms with Crippen LogP contribution in [0, 0.1) is 5.92 Å². The summed E-state index contributed by atoms with van der Waals surface area (Å²) in [5.41, 5.74) is 21.9. The highest BCUT2D eigenvalue weighted by atomic mass is 16.4. The molecule has 14 heteroatoms. The molecule has 0 aromatic rings. The molecule has 13 N–H and O–H groups in total. The molecular formula is C21H42N8O6. The highest BCUT2D eigenvalue weighted by molar-refractivity contribution is 5.94. The smallest absolute Gasteiger partial charge is 0.326 e. The number of carboxylic acids is 1. The number of carbonyl (C=O) groups is 4. The first-order chi connectivity index (χ1) is 16.3. The first kappa shape index (κ1) is 32.0. The van der Waals surface area contributed by atoms with Gasteiger partial charge in [-0.15, -0.1) is 0 Å². The number of aliphatic hydroxyl groups is 1. The minimum Gasteiger partial charge on any atom is -0.480 e. The van der Waals surface area contributed by atoms with Crippen molar-refractivity contribution in [1.82, 2.24) is 16.0 Å². The van der Waals surface area contributed by atoms with Gasteiger partial charge in [0.05, 0.1) is 12.1 Å².